The number of hydrazine groups is 1. The van der Waals surface area contributed by atoms with Crippen molar-refractivity contribution >= 4 is 34.5 Å². The third kappa shape index (κ3) is 2.97. The zero-order valence-electron chi connectivity index (χ0n) is 14.0. The van der Waals surface area contributed by atoms with Crippen LogP contribution in [-0.4, -0.2) is 43.4 Å². The van der Waals surface area contributed by atoms with Crippen molar-refractivity contribution in [2.45, 2.75) is 18.9 Å². The van der Waals surface area contributed by atoms with Gasteiger partial charge >= 0.3 is 0 Å². The van der Waals surface area contributed by atoms with Crippen LogP contribution in [0.25, 0.3) is 11.2 Å². The van der Waals surface area contributed by atoms with Crippen molar-refractivity contribution in [2.24, 2.45) is 5.84 Å². The first kappa shape index (κ1) is 16.7. The Morgan fingerprint density at radius 3 is 2.62 bits per heavy atom. The number of carbonyl (C=O) groups is 1. The molecule has 0 unspecified atom stereocenters. The van der Waals surface area contributed by atoms with Crippen LogP contribution in [0.3, 0.4) is 0 Å². The molecule has 0 radical (unpaired) electrons. The normalized spacial score (nSPS) is 15.4. The number of nitrogens with two attached hydrogens (primary N) is 1. The summed E-state index contributed by atoms with van der Waals surface area (Å²) in [4.78, 5) is 27.2. The van der Waals surface area contributed by atoms with Crippen LogP contribution in [0.2, 0.25) is 5.28 Å². The minimum Gasteiger partial charge on any atom is -0.338 e. The molecule has 134 valence electrons. The van der Waals surface area contributed by atoms with Crippen molar-refractivity contribution in [3.8, 4) is 0 Å². The fraction of sp³-hybridized carbons (Fsp3) is 0.294. The number of halogens is 1. The molecule has 1 fully saturated rings. The number of nitrogens with zero attached hydrogens (tertiary/aromatic N) is 5. The summed E-state index contributed by atoms with van der Waals surface area (Å²) < 4.78 is 1.99. The van der Waals surface area contributed by atoms with Gasteiger partial charge in [0.05, 0.1) is 6.33 Å². The first-order valence-electron chi connectivity index (χ1n) is 8.38. The van der Waals surface area contributed by atoms with Gasteiger partial charge < -0.3 is 14.9 Å². The lowest BCUT2D eigenvalue weighted by Gasteiger charge is -2.32. The fourth-order valence-electron chi connectivity index (χ4n) is 3.37. The number of aromatic nitrogens is 4. The lowest BCUT2D eigenvalue weighted by molar-refractivity contribution is 0.0696. The molecule has 1 aromatic carbocycles. The van der Waals surface area contributed by atoms with Gasteiger partial charge in [-0.25, -0.2) is 10.8 Å². The van der Waals surface area contributed by atoms with Gasteiger partial charge in [0.15, 0.2) is 17.0 Å². The van der Waals surface area contributed by atoms with Crippen LogP contribution in [0.4, 0.5) is 5.82 Å². The summed E-state index contributed by atoms with van der Waals surface area (Å²) in [7, 11) is 0. The molecule has 3 N–H and O–H groups in total. The number of piperidine rings is 1. The number of imidazole rings is 1. The largest absolute Gasteiger partial charge is 0.338 e. The molecular weight excluding hydrogens is 354 g/mol. The number of likely N-dealkylation sites (tertiary alicyclic amines) is 1. The van der Waals surface area contributed by atoms with Gasteiger partial charge in [-0.3, -0.25) is 4.79 Å². The third-order valence-electron chi connectivity index (χ3n) is 4.70. The number of carbonyl (C=O) groups excluding carboxylic acids is 1. The summed E-state index contributed by atoms with van der Waals surface area (Å²) in [5.74, 6) is 5.95. The predicted octanol–water partition coefficient (Wildman–Crippen LogP) is 2.24. The monoisotopic (exact) mass is 371 g/mol. The van der Waals surface area contributed by atoms with E-state index in [0.717, 1.165) is 18.4 Å². The molecule has 1 aliphatic rings. The second-order valence-corrected chi connectivity index (χ2v) is 6.54. The van der Waals surface area contributed by atoms with Gasteiger partial charge in [0.2, 0.25) is 5.28 Å². The molecule has 26 heavy (non-hydrogen) atoms. The predicted molar refractivity (Wildman–Crippen MR) is 98.8 cm³/mol. The second kappa shape index (κ2) is 6.89. The number of nitrogen functional groups attached to an aromatic ring is 1. The number of hydrogen-bond acceptors (Lipinski definition) is 6. The Kier molecular flexibility index (Phi) is 4.44. The zero-order chi connectivity index (χ0) is 18.1. The number of amides is 1. The van der Waals surface area contributed by atoms with Gasteiger partial charge in [0.25, 0.3) is 5.91 Å². The van der Waals surface area contributed by atoms with Crippen molar-refractivity contribution in [2.75, 3.05) is 18.5 Å². The molecule has 0 saturated carbocycles. The maximum atomic E-state index is 12.6. The van der Waals surface area contributed by atoms with E-state index in [1.807, 2.05) is 39.8 Å². The summed E-state index contributed by atoms with van der Waals surface area (Å²) in [6, 6.07) is 9.55. The van der Waals surface area contributed by atoms with E-state index in [4.69, 9.17) is 17.4 Å². The number of hydrogen-bond donors (Lipinski definition) is 2. The first-order chi connectivity index (χ1) is 12.7. The van der Waals surface area contributed by atoms with Crippen LogP contribution in [0, 0.1) is 0 Å². The zero-order valence-corrected chi connectivity index (χ0v) is 14.7. The molecule has 0 aliphatic carbocycles. The summed E-state index contributed by atoms with van der Waals surface area (Å²) in [6.07, 6.45) is 3.37. The van der Waals surface area contributed by atoms with Crippen molar-refractivity contribution in [3.05, 3.63) is 47.5 Å². The Hall–Kier alpha value is -2.71. The molecule has 0 bridgehead atoms. The van der Waals surface area contributed by atoms with E-state index in [1.54, 1.807) is 6.33 Å². The van der Waals surface area contributed by atoms with E-state index in [2.05, 4.69) is 20.4 Å². The van der Waals surface area contributed by atoms with E-state index >= 15 is 0 Å². The van der Waals surface area contributed by atoms with Crippen LogP contribution in [0.5, 0.6) is 0 Å². The number of anilines is 1. The highest BCUT2D eigenvalue weighted by Crippen LogP contribution is 2.28. The van der Waals surface area contributed by atoms with Gasteiger partial charge in [-0.1, -0.05) is 18.2 Å². The molecule has 0 atom stereocenters. The van der Waals surface area contributed by atoms with E-state index in [1.165, 1.54) is 0 Å². The third-order valence-corrected chi connectivity index (χ3v) is 4.87. The highest BCUT2D eigenvalue weighted by molar-refractivity contribution is 6.28. The smallest absolute Gasteiger partial charge is 0.253 e. The summed E-state index contributed by atoms with van der Waals surface area (Å²) in [6.45, 7) is 1.36. The minimum atomic E-state index is 0.0690. The quantitative estimate of drug-likeness (QED) is 0.416. The van der Waals surface area contributed by atoms with E-state index in [-0.39, 0.29) is 17.2 Å². The number of rotatable bonds is 3. The molecule has 2 aromatic heterocycles. The Bertz CT molecular complexity index is 935. The average Bonchev–Trinajstić information content (AvgIpc) is 3.11. The van der Waals surface area contributed by atoms with E-state index in [0.29, 0.717) is 30.1 Å². The maximum absolute atomic E-state index is 12.6. The van der Waals surface area contributed by atoms with E-state index < -0.39 is 0 Å². The maximum Gasteiger partial charge on any atom is 0.253 e. The Balaban J connectivity index is 1.53. The van der Waals surface area contributed by atoms with Crippen molar-refractivity contribution in [1.29, 1.82) is 0 Å². The molecule has 8 nitrogen and oxygen atoms in total. The molecule has 0 spiro atoms. The van der Waals surface area contributed by atoms with Crippen LogP contribution < -0.4 is 11.3 Å². The Morgan fingerprint density at radius 1 is 1.19 bits per heavy atom. The van der Waals surface area contributed by atoms with Gasteiger partial charge in [0, 0.05) is 24.7 Å². The topological polar surface area (TPSA) is 102 Å². The molecule has 1 saturated heterocycles. The highest BCUT2D eigenvalue weighted by Gasteiger charge is 2.26. The second-order valence-electron chi connectivity index (χ2n) is 6.20. The lowest BCUT2D eigenvalue weighted by Crippen LogP contribution is -2.39. The van der Waals surface area contributed by atoms with Gasteiger partial charge in [-0.05, 0) is 36.6 Å². The summed E-state index contributed by atoms with van der Waals surface area (Å²) in [5, 5.41) is 0.115. The average molecular weight is 372 g/mol. The van der Waals surface area contributed by atoms with Crippen LogP contribution in [0.15, 0.2) is 36.7 Å². The van der Waals surface area contributed by atoms with Crippen molar-refractivity contribution in [1.82, 2.24) is 24.4 Å². The first-order valence-corrected chi connectivity index (χ1v) is 8.76. The van der Waals surface area contributed by atoms with Crippen molar-refractivity contribution < 1.29 is 4.79 Å². The SMILES string of the molecule is NNc1nc(Cl)nc2c1ncn2C1CCN(C(=O)c2ccccc2)CC1. The van der Waals surface area contributed by atoms with Crippen molar-refractivity contribution in [3.63, 3.8) is 0 Å². The van der Waals surface area contributed by atoms with Gasteiger partial charge in [-0.15, -0.1) is 0 Å². The standard InChI is InChI=1S/C17H18ClN7O/c18-17-21-14(23-19)13-15(22-17)25(10-20-13)12-6-8-24(9-7-12)16(26)11-4-2-1-3-5-11/h1-5,10,12H,6-9,19H2,(H,21,22,23). The number of fused-ring (bicyclic) bond motifs is 1. The fourth-order valence-corrected chi connectivity index (χ4v) is 3.53. The van der Waals surface area contributed by atoms with Gasteiger partial charge in [0.1, 0.15) is 0 Å². The number of benzene rings is 1. The Morgan fingerprint density at radius 2 is 1.92 bits per heavy atom. The van der Waals surface area contributed by atoms with Crippen LogP contribution in [-0.2, 0) is 0 Å². The molecule has 9 heteroatoms. The minimum absolute atomic E-state index is 0.0690. The molecule has 1 amide bonds. The highest BCUT2D eigenvalue weighted by atomic mass is 35.5. The molecule has 3 heterocycles. The number of nitrogens with one attached hydrogen (secondary N) is 1. The van der Waals surface area contributed by atoms with Gasteiger partial charge in [-0.2, -0.15) is 9.97 Å². The molecule has 3 aromatic rings. The molecular formula is C17H18ClN7O. The van der Waals surface area contributed by atoms with Crippen LogP contribution >= 0.6 is 11.6 Å². The summed E-state index contributed by atoms with van der Waals surface area (Å²) >= 11 is 5.99. The van der Waals surface area contributed by atoms with E-state index in [9.17, 15) is 4.79 Å². The Labute approximate surface area is 155 Å². The molecule has 1 aliphatic heterocycles. The lowest BCUT2D eigenvalue weighted by atomic mass is 10.0. The van der Waals surface area contributed by atoms with Crippen LogP contribution in [0.1, 0.15) is 29.2 Å². The summed E-state index contributed by atoms with van der Waals surface area (Å²) in [5.41, 5.74) is 4.45. The molecule has 4 rings (SSSR count).